The molecule has 1 aromatic carbocycles. The van der Waals surface area contributed by atoms with Gasteiger partial charge in [0.15, 0.2) is 0 Å². The number of carbonyl (C=O) groups excluding carboxylic acids is 1. The number of nitrogens with one attached hydrogen (secondary N) is 3. The van der Waals surface area contributed by atoms with Gasteiger partial charge < -0.3 is 26.1 Å². The molecule has 3 aromatic rings. The molecule has 1 saturated carbocycles. The van der Waals surface area contributed by atoms with Gasteiger partial charge in [-0.15, -0.1) is 11.3 Å². The largest absolute Gasteiger partial charge is 0.491 e. The monoisotopic (exact) mass is 369 g/mol. The van der Waals surface area contributed by atoms with E-state index in [-0.39, 0.29) is 11.9 Å². The summed E-state index contributed by atoms with van der Waals surface area (Å²) < 4.78 is 5.96. The highest BCUT2D eigenvalue weighted by Crippen LogP contribution is 2.44. The molecule has 0 unspecified atom stereocenters. The molecule has 1 amide bonds. The number of ether oxygens (including phenoxy) is 1. The van der Waals surface area contributed by atoms with E-state index in [0.29, 0.717) is 12.5 Å². The average Bonchev–Trinajstić information content (AvgIpc) is 3.24. The molecular formula is C18H19N5O2S. The molecule has 0 spiro atoms. The number of hydrogen-bond donors (Lipinski definition) is 4. The van der Waals surface area contributed by atoms with Crippen molar-refractivity contribution < 1.29 is 9.53 Å². The zero-order valence-electron chi connectivity index (χ0n) is 14.0. The Morgan fingerprint density at radius 1 is 1.42 bits per heavy atom. The van der Waals surface area contributed by atoms with E-state index in [2.05, 4.69) is 20.6 Å². The van der Waals surface area contributed by atoms with Gasteiger partial charge >= 0.3 is 0 Å². The third kappa shape index (κ3) is 2.57. The van der Waals surface area contributed by atoms with Gasteiger partial charge in [0, 0.05) is 24.5 Å². The summed E-state index contributed by atoms with van der Waals surface area (Å²) in [5.41, 5.74) is 11.3. The lowest BCUT2D eigenvalue weighted by atomic mass is 10.1. The number of hydrogen-bond acceptors (Lipinski definition) is 6. The van der Waals surface area contributed by atoms with Crippen molar-refractivity contribution in [2.75, 3.05) is 23.8 Å². The average molecular weight is 369 g/mol. The number of amides is 1. The number of benzene rings is 1. The van der Waals surface area contributed by atoms with E-state index >= 15 is 0 Å². The summed E-state index contributed by atoms with van der Waals surface area (Å²) in [6.45, 7) is 1.30. The highest BCUT2D eigenvalue weighted by molar-refractivity contribution is 7.13. The van der Waals surface area contributed by atoms with Crippen LogP contribution in [0.2, 0.25) is 0 Å². The Morgan fingerprint density at radius 3 is 3.04 bits per heavy atom. The molecular weight excluding hydrogens is 350 g/mol. The van der Waals surface area contributed by atoms with Crippen LogP contribution in [0.15, 0.2) is 23.8 Å². The van der Waals surface area contributed by atoms with Gasteiger partial charge in [-0.2, -0.15) is 0 Å². The van der Waals surface area contributed by atoms with Crippen LogP contribution >= 0.6 is 11.3 Å². The second-order valence-electron chi connectivity index (χ2n) is 6.77. The van der Waals surface area contributed by atoms with Gasteiger partial charge in [-0.1, -0.05) is 0 Å². The minimum atomic E-state index is -0.334. The van der Waals surface area contributed by atoms with Gasteiger partial charge in [0.1, 0.15) is 18.4 Å². The molecule has 1 aliphatic heterocycles. The number of carbonyl (C=O) groups is 1. The Bertz CT molecular complexity index is 977. The van der Waals surface area contributed by atoms with Gasteiger partial charge in [-0.05, 0) is 24.8 Å². The molecule has 1 aliphatic carbocycles. The van der Waals surface area contributed by atoms with Crippen LogP contribution in [-0.4, -0.2) is 35.1 Å². The number of aromatic nitrogens is 2. The van der Waals surface area contributed by atoms with Crippen LogP contribution in [0.3, 0.4) is 0 Å². The van der Waals surface area contributed by atoms with Gasteiger partial charge in [-0.3, -0.25) is 9.78 Å². The molecule has 26 heavy (non-hydrogen) atoms. The minimum absolute atomic E-state index is 0.307. The molecule has 1 fully saturated rings. The lowest BCUT2D eigenvalue weighted by molar-refractivity contribution is -0.119. The molecule has 2 aliphatic rings. The second-order valence-corrected chi connectivity index (χ2v) is 7.66. The maximum atomic E-state index is 11.8. The number of H-pyrrole nitrogens is 1. The quantitative estimate of drug-likeness (QED) is 0.553. The third-order valence-electron chi connectivity index (χ3n) is 4.92. The van der Waals surface area contributed by atoms with Crippen LogP contribution in [0.5, 0.6) is 5.75 Å². The van der Waals surface area contributed by atoms with E-state index < -0.39 is 0 Å². The van der Waals surface area contributed by atoms with Gasteiger partial charge in [0.2, 0.25) is 5.91 Å². The Morgan fingerprint density at radius 2 is 2.31 bits per heavy atom. The highest BCUT2D eigenvalue weighted by Gasteiger charge is 2.35. The number of nitrogens with two attached hydrogens (primary N) is 1. The summed E-state index contributed by atoms with van der Waals surface area (Å²) in [6, 6.07) is 3.64. The summed E-state index contributed by atoms with van der Waals surface area (Å²) in [4.78, 5) is 20.5. The SMILES string of the molecule is NC(=O)[C@@H](Nc1cc2c3c(c(-c4cncs4)[nH]c3c1)NCCO2)C1CC1. The zero-order chi connectivity index (χ0) is 17.7. The van der Waals surface area contributed by atoms with Crippen molar-refractivity contribution in [3.05, 3.63) is 23.8 Å². The maximum Gasteiger partial charge on any atom is 0.240 e. The van der Waals surface area contributed by atoms with E-state index in [1.807, 2.05) is 23.8 Å². The van der Waals surface area contributed by atoms with Crippen LogP contribution < -0.4 is 21.1 Å². The first kappa shape index (κ1) is 15.5. The van der Waals surface area contributed by atoms with E-state index in [0.717, 1.165) is 58.0 Å². The fourth-order valence-electron chi connectivity index (χ4n) is 3.56. The third-order valence-corrected chi connectivity index (χ3v) is 5.71. The van der Waals surface area contributed by atoms with Crippen LogP contribution in [0, 0.1) is 5.92 Å². The summed E-state index contributed by atoms with van der Waals surface area (Å²) in [5, 5.41) is 7.80. The molecule has 2 aromatic heterocycles. The summed E-state index contributed by atoms with van der Waals surface area (Å²) in [5.74, 6) is 0.825. The molecule has 0 saturated heterocycles. The molecule has 1 atom stereocenters. The lowest BCUT2D eigenvalue weighted by Crippen LogP contribution is -2.37. The number of aromatic amines is 1. The second kappa shape index (κ2) is 5.91. The smallest absolute Gasteiger partial charge is 0.240 e. The minimum Gasteiger partial charge on any atom is -0.491 e. The molecule has 8 heteroatoms. The van der Waals surface area contributed by atoms with Gasteiger partial charge in [-0.25, -0.2) is 0 Å². The molecule has 0 bridgehead atoms. The molecule has 5 rings (SSSR count). The Balaban J connectivity index is 1.62. The topological polar surface area (TPSA) is 105 Å². The van der Waals surface area contributed by atoms with Crippen molar-refractivity contribution >= 4 is 39.5 Å². The lowest BCUT2D eigenvalue weighted by Gasteiger charge is -2.17. The van der Waals surface area contributed by atoms with Crippen molar-refractivity contribution in [2.45, 2.75) is 18.9 Å². The predicted octanol–water partition coefficient (Wildman–Crippen LogP) is 2.77. The fourth-order valence-corrected chi connectivity index (χ4v) is 4.19. The summed E-state index contributed by atoms with van der Waals surface area (Å²) in [6.07, 6.45) is 3.94. The zero-order valence-corrected chi connectivity index (χ0v) is 14.9. The fraction of sp³-hybridized carbons (Fsp3) is 0.333. The number of nitrogens with zero attached hydrogens (tertiary/aromatic N) is 1. The van der Waals surface area contributed by atoms with Gasteiger partial charge in [0.25, 0.3) is 0 Å². The number of primary amides is 1. The van der Waals surface area contributed by atoms with Crippen molar-refractivity contribution in [3.8, 4) is 16.3 Å². The van der Waals surface area contributed by atoms with Crippen LogP contribution in [0.25, 0.3) is 21.5 Å². The summed E-state index contributed by atoms with van der Waals surface area (Å²) >= 11 is 1.59. The first-order chi connectivity index (χ1) is 12.7. The Kier molecular flexibility index (Phi) is 3.53. The molecule has 134 valence electrons. The first-order valence-electron chi connectivity index (χ1n) is 8.72. The van der Waals surface area contributed by atoms with Crippen LogP contribution in [0.4, 0.5) is 11.4 Å². The molecule has 7 nitrogen and oxygen atoms in total. The number of thiazole rings is 1. The molecule has 0 radical (unpaired) electrons. The van der Waals surface area contributed by atoms with Crippen molar-refractivity contribution in [1.29, 1.82) is 0 Å². The van der Waals surface area contributed by atoms with Crippen LogP contribution in [0.1, 0.15) is 12.8 Å². The highest BCUT2D eigenvalue weighted by atomic mass is 32.1. The van der Waals surface area contributed by atoms with E-state index in [1.165, 1.54) is 0 Å². The molecule has 5 N–H and O–H groups in total. The number of anilines is 2. The summed E-state index contributed by atoms with van der Waals surface area (Å²) in [7, 11) is 0. The number of rotatable bonds is 5. The first-order valence-corrected chi connectivity index (χ1v) is 9.60. The molecule has 3 heterocycles. The van der Waals surface area contributed by atoms with Crippen molar-refractivity contribution in [1.82, 2.24) is 9.97 Å². The Labute approximate surface area is 153 Å². The van der Waals surface area contributed by atoms with Gasteiger partial charge in [0.05, 0.1) is 32.7 Å². The Hall–Kier alpha value is -2.74. The predicted molar refractivity (Wildman–Crippen MR) is 103 cm³/mol. The van der Waals surface area contributed by atoms with Crippen molar-refractivity contribution in [2.24, 2.45) is 11.7 Å². The van der Waals surface area contributed by atoms with Crippen molar-refractivity contribution in [3.63, 3.8) is 0 Å². The van der Waals surface area contributed by atoms with E-state index in [9.17, 15) is 4.79 Å². The van der Waals surface area contributed by atoms with Crippen LogP contribution in [-0.2, 0) is 4.79 Å². The standard InChI is InChI=1S/C18H19N5O2S/c19-18(24)15(9-1-2-9)22-10-5-11-14-12(6-10)25-4-3-21-17(14)16(23-11)13-7-20-8-26-13/h5-9,15,21-23H,1-4H2,(H2,19,24)/t15-/m0/s1. The van der Waals surface area contributed by atoms with E-state index in [4.69, 9.17) is 10.5 Å². The van der Waals surface area contributed by atoms with E-state index in [1.54, 1.807) is 11.3 Å². The normalized spacial score (nSPS) is 17.2. The maximum absolute atomic E-state index is 11.8.